The van der Waals surface area contributed by atoms with Gasteiger partial charge in [0.2, 0.25) is 0 Å². The van der Waals surface area contributed by atoms with Crippen molar-refractivity contribution < 1.29 is 9.59 Å². The molecule has 0 saturated carbocycles. The Bertz CT molecular complexity index is 721. The van der Waals surface area contributed by atoms with Gasteiger partial charge in [-0.05, 0) is 18.9 Å². The number of aryl methyl sites for hydroxylation is 1. The zero-order valence-electron chi connectivity index (χ0n) is 15.6. The van der Waals surface area contributed by atoms with Crippen LogP contribution in [0.1, 0.15) is 37.3 Å². The third kappa shape index (κ3) is 3.87. The van der Waals surface area contributed by atoms with Crippen LogP contribution in [0.4, 0.5) is 4.79 Å². The first-order valence-corrected chi connectivity index (χ1v) is 10.1. The molecule has 2 atom stereocenters. The molecule has 0 bridgehead atoms. The minimum Gasteiger partial charge on any atom is -0.336 e. The average Bonchev–Trinajstić information content (AvgIpc) is 2.98. The molecule has 3 rings (SSSR count). The Morgan fingerprint density at radius 1 is 1.27 bits per heavy atom. The van der Waals surface area contributed by atoms with E-state index in [4.69, 9.17) is 4.99 Å². The first-order chi connectivity index (χ1) is 12.5. The summed E-state index contributed by atoms with van der Waals surface area (Å²) in [5.74, 6) is 0.549. The van der Waals surface area contributed by atoms with Crippen molar-refractivity contribution in [3.8, 4) is 0 Å². The highest BCUT2D eigenvalue weighted by Crippen LogP contribution is 2.30. The summed E-state index contributed by atoms with van der Waals surface area (Å²) in [4.78, 5) is 32.7. The fourth-order valence-electron chi connectivity index (χ4n) is 3.34. The summed E-state index contributed by atoms with van der Waals surface area (Å²) in [6.07, 6.45) is 2.81. The number of aliphatic imine (C=N–C) groups is 1. The van der Waals surface area contributed by atoms with Crippen molar-refractivity contribution in [1.82, 2.24) is 15.1 Å². The fraction of sp³-hybridized carbons (Fsp3) is 0.526. The second kappa shape index (κ2) is 8.12. The van der Waals surface area contributed by atoms with Crippen molar-refractivity contribution in [3.05, 3.63) is 35.4 Å². The van der Waals surface area contributed by atoms with Gasteiger partial charge in [-0.1, -0.05) is 61.4 Å². The second-order valence-corrected chi connectivity index (χ2v) is 7.80. The van der Waals surface area contributed by atoms with Crippen LogP contribution < -0.4 is 5.32 Å². The number of hydrogen-bond donors (Lipinski definition) is 1. The maximum absolute atomic E-state index is 12.5. The Balaban J connectivity index is 1.77. The molecule has 0 radical (unpaired) electrons. The van der Waals surface area contributed by atoms with Gasteiger partial charge < -0.3 is 9.80 Å². The zero-order chi connectivity index (χ0) is 18.7. The van der Waals surface area contributed by atoms with Gasteiger partial charge in [0.25, 0.3) is 5.91 Å². The summed E-state index contributed by atoms with van der Waals surface area (Å²) >= 11 is 1.64. The molecule has 26 heavy (non-hydrogen) atoms. The van der Waals surface area contributed by atoms with E-state index in [0.29, 0.717) is 0 Å². The summed E-state index contributed by atoms with van der Waals surface area (Å²) < 4.78 is 0. The lowest BCUT2D eigenvalue weighted by molar-refractivity contribution is -0.127. The van der Waals surface area contributed by atoms with E-state index in [-0.39, 0.29) is 11.9 Å². The predicted molar refractivity (Wildman–Crippen MR) is 105 cm³/mol. The van der Waals surface area contributed by atoms with Crippen LogP contribution in [0, 0.1) is 6.92 Å². The third-order valence-corrected chi connectivity index (χ3v) is 5.85. The molecule has 1 saturated heterocycles. The molecule has 1 fully saturated rings. The van der Waals surface area contributed by atoms with Crippen LogP contribution in [0.2, 0.25) is 0 Å². The number of fused-ring (bicyclic) bond motifs is 1. The van der Waals surface area contributed by atoms with E-state index in [2.05, 4.69) is 48.3 Å². The molecule has 1 aromatic rings. The molecule has 0 aliphatic carbocycles. The molecule has 2 heterocycles. The first-order valence-electron chi connectivity index (χ1n) is 9.11. The topological polar surface area (TPSA) is 65.0 Å². The van der Waals surface area contributed by atoms with Gasteiger partial charge in [-0.25, -0.2) is 9.79 Å². The Kier molecular flexibility index (Phi) is 5.86. The number of unbranched alkanes of at least 4 members (excludes halogenated alkanes) is 2. The summed E-state index contributed by atoms with van der Waals surface area (Å²) in [5.41, 5.74) is 2.46. The number of carbonyl (C=O) groups is 2. The highest BCUT2D eigenvalue weighted by Gasteiger charge is 2.48. The minimum absolute atomic E-state index is 0.246. The van der Waals surface area contributed by atoms with Crippen LogP contribution in [0.5, 0.6) is 0 Å². The van der Waals surface area contributed by atoms with Crippen molar-refractivity contribution in [2.75, 3.05) is 13.6 Å². The molecule has 2 unspecified atom stereocenters. The van der Waals surface area contributed by atoms with E-state index in [1.54, 1.807) is 18.8 Å². The predicted octanol–water partition coefficient (Wildman–Crippen LogP) is 2.97. The summed E-state index contributed by atoms with van der Waals surface area (Å²) in [7, 11) is 1.70. The number of imide groups is 1. The Labute approximate surface area is 159 Å². The molecule has 2 aliphatic heterocycles. The standard InChI is InChI=1S/C19H26N4O2S/c1-4-5-6-10-23-15-16(22(3)18(25)21-17(15)24)20-19(23)26-12-14-9-7-8-13(2)11-14/h7-9,11,15-16H,4-6,10,12H2,1-3H3,(H,21,24,25). The second-order valence-electron chi connectivity index (χ2n) is 6.85. The lowest BCUT2D eigenvalue weighted by atomic mass is 10.1. The van der Waals surface area contributed by atoms with E-state index in [0.717, 1.165) is 36.7 Å². The summed E-state index contributed by atoms with van der Waals surface area (Å²) in [6, 6.07) is 7.61. The van der Waals surface area contributed by atoms with E-state index in [1.165, 1.54) is 16.0 Å². The van der Waals surface area contributed by atoms with Crippen LogP contribution in [0.25, 0.3) is 0 Å². The van der Waals surface area contributed by atoms with Gasteiger partial charge in [0, 0.05) is 19.3 Å². The summed E-state index contributed by atoms with van der Waals surface area (Å²) in [6.45, 7) is 5.02. The average molecular weight is 375 g/mol. The highest BCUT2D eigenvalue weighted by molar-refractivity contribution is 8.13. The van der Waals surface area contributed by atoms with E-state index in [1.807, 2.05) is 0 Å². The molecule has 0 spiro atoms. The molecule has 2 aliphatic rings. The third-order valence-electron chi connectivity index (χ3n) is 4.78. The van der Waals surface area contributed by atoms with Gasteiger partial charge in [-0.15, -0.1) is 0 Å². The number of amides is 3. The molecular formula is C19H26N4O2S. The highest BCUT2D eigenvalue weighted by atomic mass is 32.2. The van der Waals surface area contributed by atoms with Gasteiger partial charge in [0.05, 0.1) is 0 Å². The van der Waals surface area contributed by atoms with Gasteiger partial charge in [-0.3, -0.25) is 10.1 Å². The van der Waals surface area contributed by atoms with Crippen LogP contribution >= 0.6 is 11.8 Å². The number of carbonyl (C=O) groups excluding carboxylic acids is 2. The molecule has 7 heteroatoms. The normalized spacial score (nSPS) is 22.3. The lowest BCUT2D eigenvalue weighted by Crippen LogP contribution is -2.63. The maximum atomic E-state index is 12.5. The molecule has 3 amide bonds. The van der Waals surface area contributed by atoms with Gasteiger partial charge in [-0.2, -0.15) is 0 Å². The Morgan fingerprint density at radius 2 is 2.08 bits per heavy atom. The quantitative estimate of drug-likeness (QED) is 0.778. The van der Waals surface area contributed by atoms with Crippen molar-refractivity contribution >= 4 is 28.9 Å². The minimum atomic E-state index is -0.433. The molecule has 1 N–H and O–H groups in total. The maximum Gasteiger partial charge on any atom is 0.325 e. The van der Waals surface area contributed by atoms with Crippen molar-refractivity contribution in [2.24, 2.45) is 4.99 Å². The zero-order valence-corrected chi connectivity index (χ0v) is 16.4. The number of likely N-dealkylation sites (N-methyl/N-ethyl adjacent to an activating group) is 1. The molecular weight excluding hydrogens is 348 g/mol. The van der Waals surface area contributed by atoms with Crippen molar-refractivity contribution in [2.45, 2.75) is 51.1 Å². The first kappa shape index (κ1) is 18.8. The number of rotatable bonds is 6. The number of nitrogens with one attached hydrogen (secondary N) is 1. The number of amidine groups is 1. The van der Waals surface area contributed by atoms with Crippen LogP contribution in [0.15, 0.2) is 29.3 Å². The van der Waals surface area contributed by atoms with Crippen LogP contribution in [-0.2, 0) is 10.5 Å². The number of thioether (sulfide) groups is 1. The van der Waals surface area contributed by atoms with Crippen LogP contribution in [0.3, 0.4) is 0 Å². The Morgan fingerprint density at radius 3 is 2.81 bits per heavy atom. The number of benzene rings is 1. The molecule has 6 nitrogen and oxygen atoms in total. The smallest absolute Gasteiger partial charge is 0.325 e. The van der Waals surface area contributed by atoms with E-state index >= 15 is 0 Å². The van der Waals surface area contributed by atoms with E-state index < -0.39 is 12.2 Å². The van der Waals surface area contributed by atoms with Crippen LogP contribution in [-0.4, -0.2) is 52.7 Å². The van der Waals surface area contributed by atoms with Gasteiger partial charge >= 0.3 is 6.03 Å². The lowest BCUT2D eigenvalue weighted by Gasteiger charge is -2.36. The Hall–Kier alpha value is -2.02. The van der Waals surface area contributed by atoms with Gasteiger partial charge in [0.1, 0.15) is 0 Å². The SMILES string of the molecule is CCCCCN1C(SCc2cccc(C)c2)=NC2C1C(=O)NC(=O)N2C. The molecule has 0 aromatic heterocycles. The number of nitrogens with zero attached hydrogens (tertiary/aromatic N) is 3. The fourth-order valence-corrected chi connectivity index (χ4v) is 4.37. The largest absolute Gasteiger partial charge is 0.336 e. The van der Waals surface area contributed by atoms with E-state index in [9.17, 15) is 9.59 Å². The number of urea groups is 1. The number of hydrogen-bond acceptors (Lipinski definition) is 5. The van der Waals surface area contributed by atoms with Crippen molar-refractivity contribution in [1.29, 1.82) is 0 Å². The monoisotopic (exact) mass is 374 g/mol. The molecule has 140 valence electrons. The van der Waals surface area contributed by atoms with Gasteiger partial charge in [0.15, 0.2) is 17.4 Å². The summed E-state index contributed by atoms with van der Waals surface area (Å²) in [5, 5.41) is 3.30. The van der Waals surface area contributed by atoms with Crippen molar-refractivity contribution in [3.63, 3.8) is 0 Å². The molecule has 1 aromatic carbocycles.